The molecule has 0 bridgehead atoms. The molecule has 1 saturated heterocycles. The number of benzene rings is 2. The summed E-state index contributed by atoms with van der Waals surface area (Å²) in [5.41, 5.74) is 2.00. The van der Waals surface area contributed by atoms with Gasteiger partial charge in [0.25, 0.3) is 0 Å². The molecule has 35 heavy (non-hydrogen) atoms. The summed E-state index contributed by atoms with van der Waals surface area (Å²) in [7, 11) is -3.56. The average molecular weight is 506 g/mol. The fourth-order valence-electron chi connectivity index (χ4n) is 5.38. The highest BCUT2D eigenvalue weighted by Crippen LogP contribution is 2.40. The van der Waals surface area contributed by atoms with E-state index in [0.29, 0.717) is 32.5 Å². The van der Waals surface area contributed by atoms with Crippen LogP contribution >= 0.6 is 0 Å². The number of halogens is 3. The second kappa shape index (κ2) is 10.2. The molecular formula is C26H30F3N3O2S. The summed E-state index contributed by atoms with van der Waals surface area (Å²) in [6.07, 6.45) is -1.44. The van der Waals surface area contributed by atoms with E-state index in [2.05, 4.69) is 21.9 Å². The largest absolute Gasteiger partial charge is 0.391 e. The molecule has 2 aliphatic rings. The minimum Gasteiger partial charge on any atom is -0.368 e. The number of sulfone groups is 1. The Bertz CT molecular complexity index is 1170. The van der Waals surface area contributed by atoms with Crippen LogP contribution in [0, 0.1) is 23.2 Å². The first-order valence-corrected chi connectivity index (χ1v) is 13.8. The van der Waals surface area contributed by atoms with Crippen LogP contribution in [0.25, 0.3) is 0 Å². The molecular weight excluding hydrogens is 475 g/mol. The Morgan fingerprint density at radius 3 is 2.31 bits per heavy atom. The van der Waals surface area contributed by atoms with Crippen LogP contribution in [0.2, 0.25) is 0 Å². The zero-order valence-corrected chi connectivity index (χ0v) is 20.5. The fraction of sp³-hybridized carbons (Fsp3) is 0.500. The second-order valence-electron chi connectivity index (χ2n) is 9.69. The summed E-state index contributed by atoms with van der Waals surface area (Å²) in [5.74, 6) is -0.945. The average Bonchev–Trinajstić information content (AvgIpc) is 2.83. The molecule has 1 heterocycles. The zero-order valence-electron chi connectivity index (χ0n) is 19.7. The van der Waals surface area contributed by atoms with E-state index in [9.17, 15) is 26.9 Å². The van der Waals surface area contributed by atoms with Gasteiger partial charge in [0.1, 0.15) is 6.07 Å². The molecule has 0 spiro atoms. The van der Waals surface area contributed by atoms with Gasteiger partial charge in [-0.15, -0.1) is 0 Å². The number of nitrogens with zero attached hydrogens (tertiary/aromatic N) is 3. The Kier molecular flexibility index (Phi) is 7.43. The maximum absolute atomic E-state index is 13.1. The number of alkyl halides is 3. The molecule has 9 heteroatoms. The van der Waals surface area contributed by atoms with Gasteiger partial charge >= 0.3 is 6.18 Å². The van der Waals surface area contributed by atoms with E-state index in [4.69, 9.17) is 0 Å². The van der Waals surface area contributed by atoms with Crippen molar-refractivity contribution in [3.05, 3.63) is 59.7 Å². The Morgan fingerprint density at radius 1 is 1.03 bits per heavy atom. The second-order valence-corrected chi connectivity index (χ2v) is 11.7. The summed E-state index contributed by atoms with van der Waals surface area (Å²) >= 11 is 0. The summed E-state index contributed by atoms with van der Waals surface area (Å²) in [4.78, 5) is 4.52. The van der Waals surface area contributed by atoms with Crippen LogP contribution in [0.15, 0.2) is 53.4 Å². The quantitative estimate of drug-likeness (QED) is 0.559. The van der Waals surface area contributed by atoms with Crippen molar-refractivity contribution in [2.24, 2.45) is 11.8 Å². The minimum absolute atomic E-state index is 0.0256. The van der Waals surface area contributed by atoms with Crippen LogP contribution in [-0.4, -0.2) is 51.9 Å². The molecule has 0 N–H and O–H groups in total. The molecule has 0 amide bonds. The molecule has 0 aromatic heterocycles. The van der Waals surface area contributed by atoms with Crippen LogP contribution in [-0.2, 0) is 9.84 Å². The molecule has 1 saturated carbocycles. The third kappa shape index (κ3) is 5.99. The van der Waals surface area contributed by atoms with E-state index in [1.165, 1.54) is 0 Å². The summed E-state index contributed by atoms with van der Waals surface area (Å²) in [6.45, 7) is 2.75. The highest BCUT2D eigenvalue weighted by Gasteiger charge is 2.42. The van der Waals surface area contributed by atoms with Gasteiger partial charge in [-0.05, 0) is 55.4 Å². The van der Waals surface area contributed by atoms with E-state index in [1.807, 2.05) is 24.3 Å². The molecule has 4 rings (SSSR count). The summed E-state index contributed by atoms with van der Waals surface area (Å²) < 4.78 is 63.8. The third-order valence-corrected chi connectivity index (χ3v) is 8.46. The van der Waals surface area contributed by atoms with Crippen molar-refractivity contribution in [2.75, 3.05) is 37.3 Å². The van der Waals surface area contributed by atoms with E-state index in [0.717, 1.165) is 24.1 Å². The van der Waals surface area contributed by atoms with Crippen molar-refractivity contribution >= 4 is 15.5 Å². The van der Waals surface area contributed by atoms with Crippen molar-refractivity contribution < 1.29 is 21.6 Å². The number of hydrogen-bond acceptors (Lipinski definition) is 5. The third-order valence-electron chi connectivity index (χ3n) is 7.33. The number of anilines is 1. The molecule has 2 fully saturated rings. The SMILES string of the molecule is CS(=O)(=O)c1cc(N2CCN(CC3CCC(C(F)(F)F)CC3)[C@H](c3ccccc3)C2)ccc1C#N. The molecule has 1 aliphatic carbocycles. The van der Waals surface area contributed by atoms with Gasteiger partial charge in [-0.3, -0.25) is 4.90 Å². The predicted octanol–water partition coefficient (Wildman–Crippen LogP) is 5.19. The molecule has 0 unspecified atom stereocenters. The Labute approximate surface area is 205 Å². The fourth-order valence-corrected chi connectivity index (χ4v) is 6.22. The topological polar surface area (TPSA) is 64.4 Å². The summed E-state index contributed by atoms with van der Waals surface area (Å²) in [6, 6.07) is 16.9. The smallest absolute Gasteiger partial charge is 0.368 e. The molecule has 1 aliphatic heterocycles. The molecule has 0 radical (unpaired) electrons. The van der Waals surface area contributed by atoms with Gasteiger partial charge in [-0.1, -0.05) is 30.3 Å². The lowest BCUT2D eigenvalue weighted by atomic mass is 9.81. The first-order chi connectivity index (χ1) is 16.6. The molecule has 188 valence electrons. The van der Waals surface area contributed by atoms with E-state index in [-0.39, 0.29) is 35.3 Å². The Hall–Kier alpha value is -2.57. The van der Waals surface area contributed by atoms with Crippen molar-refractivity contribution in [1.29, 1.82) is 5.26 Å². The minimum atomic E-state index is -4.10. The van der Waals surface area contributed by atoms with Gasteiger partial charge in [0.2, 0.25) is 0 Å². The molecule has 5 nitrogen and oxygen atoms in total. The first kappa shape index (κ1) is 25.5. The Morgan fingerprint density at radius 2 is 1.71 bits per heavy atom. The molecule has 2 aromatic carbocycles. The number of piperazine rings is 1. The monoisotopic (exact) mass is 505 g/mol. The molecule has 2 aromatic rings. The van der Waals surface area contributed by atoms with Gasteiger partial charge in [0.05, 0.1) is 22.4 Å². The van der Waals surface area contributed by atoms with Gasteiger partial charge in [-0.25, -0.2) is 8.42 Å². The maximum atomic E-state index is 13.1. The highest BCUT2D eigenvalue weighted by atomic mass is 32.2. The van der Waals surface area contributed by atoms with E-state index < -0.39 is 21.9 Å². The standard InChI is InChI=1S/C26H30F3N3O2S/c1-35(33,34)25-15-23(12-9-21(25)16-30)31-13-14-32(24(18-31)20-5-3-2-4-6-20)17-19-7-10-22(11-8-19)26(27,28)29/h2-6,9,12,15,19,22,24H,7-8,10-11,13-14,17-18H2,1H3/t19?,22?,24-/m0/s1. The van der Waals surface area contributed by atoms with Crippen molar-refractivity contribution in [3.63, 3.8) is 0 Å². The number of nitriles is 1. The normalized spacial score (nSPS) is 24.2. The van der Waals surface area contributed by atoms with Crippen LogP contribution < -0.4 is 4.90 Å². The lowest BCUT2D eigenvalue weighted by Crippen LogP contribution is -2.50. The number of rotatable bonds is 5. The first-order valence-electron chi connectivity index (χ1n) is 11.9. The van der Waals surface area contributed by atoms with Crippen molar-refractivity contribution in [2.45, 2.75) is 42.8 Å². The van der Waals surface area contributed by atoms with Crippen LogP contribution in [0.5, 0.6) is 0 Å². The van der Waals surface area contributed by atoms with Gasteiger partial charge in [0.15, 0.2) is 9.84 Å². The number of hydrogen-bond donors (Lipinski definition) is 0. The van der Waals surface area contributed by atoms with Gasteiger partial charge in [-0.2, -0.15) is 18.4 Å². The van der Waals surface area contributed by atoms with Crippen molar-refractivity contribution in [3.8, 4) is 6.07 Å². The lowest BCUT2D eigenvalue weighted by Gasteiger charge is -2.45. The van der Waals surface area contributed by atoms with Crippen LogP contribution in [0.4, 0.5) is 18.9 Å². The van der Waals surface area contributed by atoms with Crippen molar-refractivity contribution in [1.82, 2.24) is 4.90 Å². The maximum Gasteiger partial charge on any atom is 0.391 e. The van der Waals surface area contributed by atoms with E-state index >= 15 is 0 Å². The van der Waals surface area contributed by atoms with Gasteiger partial charge < -0.3 is 4.90 Å². The Balaban J connectivity index is 1.53. The van der Waals surface area contributed by atoms with Crippen LogP contribution in [0.1, 0.15) is 42.9 Å². The molecule has 1 atom stereocenters. The van der Waals surface area contributed by atoms with E-state index in [1.54, 1.807) is 18.2 Å². The predicted molar refractivity (Wildman–Crippen MR) is 129 cm³/mol. The summed E-state index contributed by atoms with van der Waals surface area (Å²) in [5, 5.41) is 9.33. The van der Waals surface area contributed by atoms with Gasteiger partial charge in [0, 0.05) is 38.1 Å². The van der Waals surface area contributed by atoms with Crippen LogP contribution in [0.3, 0.4) is 0 Å². The lowest BCUT2D eigenvalue weighted by molar-refractivity contribution is -0.184. The zero-order chi connectivity index (χ0) is 25.2. The highest BCUT2D eigenvalue weighted by molar-refractivity contribution is 7.90.